The minimum absolute atomic E-state index is 0.515. The molecule has 0 bridgehead atoms. The standard InChI is InChI=1S/C8H8N2O2/c1-6(11)8(12)10-7-3-2-4-9-5-7/h2-5H,1H3,(H,10,12). The molecular formula is C8H8N2O2. The van der Waals surface area contributed by atoms with Crippen LogP contribution in [0, 0.1) is 0 Å². The minimum Gasteiger partial charge on any atom is -0.318 e. The van der Waals surface area contributed by atoms with Crippen molar-refractivity contribution in [2.75, 3.05) is 5.32 Å². The molecule has 0 saturated carbocycles. The fourth-order valence-electron chi connectivity index (χ4n) is 0.656. The summed E-state index contributed by atoms with van der Waals surface area (Å²) in [6.07, 6.45) is 3.06. The molecule has 62 valence electrons. The van der Waals surface area contributed by atoms with Crippen molar-refractivity contribution >= 4 is 17.4 Å². The summed E-state index contributed by atoms with van der Waals surface area (Å²) in [4.78, 5) is 25.1. The maximum atomic E-state index is 10.8. The molecule has 0 aliphatic heterocycles. The number of anilines is 1. The van der Waals surface area contributed by atoms with Crippen LogP contribution < -0.4 is 5.32 Å². The molecule has 0 aliphatic carbocycles. The van der Waals surface area contributed by atoms with Crippen LogP contribution in [0.25, 0.3) is 0 Å². The first kappa shape index (κ1) is 8.39. The van der Waals surface area contributed by atoms with Gasteiger partial charge in [0.2, 0.25) is 5.78 Å². The van der Waals surface area contributed by atoms with Gasteiger partial charge in [-0.15, -0.1) is 0 Å². The van der Waals surface area contributed by atoms with E-state index in [2.05, 4.69) is 10.3 Å². The Hall–Kier alpha value is -1.71. The predicted octanol–water partition coefficient (Wildman–Crippen LogP) is 0.609. The number of hydrogen-bond donors (Lipinski definition) is 1. The lowest BCUT2D eigenvalue weighted by Gasteiger charge is -1.99. The lowest BCUT2D eigenvalue weighted by Crippen LogP contribution is -2.19. The largest absolute Gasteiger partial charge is 0.318 e. The van der Waals surface area contributed by atoms with Gasteiger partial charge in [0.25, 0.3) is 5.91 Å². The fraction of sp³-hybridized carbons (Fsp3) is 0.125. The maximum Gasteiger partial charge on any atom is 0.291 e. The average molecular weight is 164 g/mol. The van der Waals surface area contributed by atoms with E-state index >= 15 is 0 Å². The molecule has 12 heavy (non-hydrogen) atoms. The Morgan fingerprint density at radius 3 is 2.75 bits per heavy atom. The van der Waals surface area contributed by atoms with Gasteiger partial charge in [-0.05, 0) is 12.1 Å². The summed E-state index contributed by atoms with van der Waals surface area (Å²) in [5, 5.41) is 2.39. The van der Waals surface area contributed by atoms with Crippen LogP contribution in [-0.4, -0.2) is 16.7 Å². The van der Waals surface area contributed by atoms with Crippen molar-refractivity contribution in [3.63, 3.8) is 0 Å². The summed E-state index contributed by atoms with van der Waals surface area (Å²) < 4.78 is 0. The first-order valence-electron chi connectivity index (χ1n) is 3.42. The molecule has 1 rings (SSSR count). The summed E-state index contributed by atoms with van der Waals surface area (Å²) in [5.74, 6) is -1.14. The van der Waals surface area contributed by atoms with Gasteiger partial charge in [-0.25, -0.2) is 0 Å². The second kappa shape index (κ2) is 3.61. The number of amides is 1. The Morgan fingerprint density at radius 2 is 2.25 bits per heavy atom. The molecule has 0 atom stereocenters. The van der Waals surface area contributed by atoms with Gasteiger partial charge >= 0.3 is 0 Å². The van der Waals surface area contributed by atoms with Crippen LogP contribution >= 0.6 is 0 Å². The number of Topliss-reactive ketones (excluding diaryl/α,β-unsaturated/α-hetero) is 1. The Labute approximate surface area is 69.6 Å². The number of aromatic nitrogens is 1. The first-order valence-corrected chi connectivity index (χ1v) is 3.42. The number of pyridine rings is 1. The first-order chi connectivity index (χ1) is 5.70. The van der Waals surface area contributed by atoms with Crippen molar-refractivity contribution in [1.29, 1.82) is 0 Å². The minimum atomic E-state index is -0.622. The zero-order chi connectivity index (χ0) is 8.97. The number of nitrogens with one attached hydrogen (secondary N) is 1. The average Bonchev–Trinajstić information content (AvgIpc) is 2.06. The molecule has 0 aliphatic rings. The van der Waals surface area contributed by atoms with Crippen LogP contribution in [0.15, 0.2) is 24.5 Å². The molecule has 0 fully saturated rings. The lowest BCUT2D eigenvalue weighted by molar-refractivity contribution is -0.133. The van der Waals surface area contributed by atoms with Gasteiger partial charge in [-0.2, -0.15) is 0 Å². The molecule has 1 amide bonds. The lowest BCUT2D eigenvalue weighted by atomic mass is 10.3. The van der Waals surface area contributed by atoms with Crippen molar-refractivity contribution in [2.45, 2.75) is 6.92 Å². The fourth-order valence-corrected chi connectivity index (χ4v) is 0.656. The highest BCUT2D eigenvalue weighted by Crippen LogP contribution is 2.01. The molecule has 1 aromatic heterocycles. The van der Waals surface area contributed by atoms with Gasteiger partial charge in [0.15, 0.2) is 0 Å². The molecule has 1 aromatic rings. The molecule has 0 radical (unpaired) electrons. The number of rotatable bonds is 2. The SMILES string of the molecule is CC(=O)C(=O)Nc1cccnc1. The molecule has 0 spiro atoms. The van der Waals surface area contributed by atoms with Crippen molar-refractivity contribution in [3.05, 3.63) is 24.5 Å². The molecule has 0 unspecified atom stereocenters. The molecule has 0 aromatic carbocycles. The van der Waals surface area contributed by atoms with E-state index in [1.165, 1.54) is 13.1 Å². The smallest absolute Gasteiger partial charge is 0.291 e. The summed E-state index contributed by atoms with van der Waals surface area (Å²) in [5.41, 5.74) is 0.526. The van der Waals surface area contributed by atoms with E-state index in [-0.39, 0.29) is 0 Å². The quantitative estimate of drug-likeness (QED) is 0.651. The number of ketones is 1. The van der Waals surface area contributed by atoms with Crippen LogP contribution in [0.1, 0.15) is 6.92 Å². The predicted molar refractivity (Wildman–Crippen MR) is 43.5 cm³/mol. The zero-order valence-corrected chi connectivity index (χ0v) is 6.57. The van der Waals surface area contributed by atoms with Crippen molar-refractivity contribution < 1.29 is 9.59 Å². The Kier molecular flexibility index (Phi) is 2.53. The Balaban J connectivity index is 2.65. The zero-order valence-electron chi connectivity index (χ0n) is 6.57. The third kappa shape index (κ3) is 2.16. The third-order valence-electron chi connectivity index (χ3n) is 1.24. The number of carbonyl (C=O) groups is 2. The van der Waals surface area contributed by atoms with Gasteiger partial charge in [-0.3, -0.25) is 14.6 Å². The number of nitrogens with zero attached hydrogens (tertiary/aromatic N) is 1. The summed E-state index contributed by atoms with van der Waals surface area (Å²) in [6.45, 7) is 1.21. The summed E-state index contributed by atoms with van der Waals surface area (Å²) >= 11 is 0. The van der Waals surface area contributed by atoms with E-state index in [1.807, 2.05) is 0 Å². The summed E-state index contributed by atoms with van der Waals surface area (Å²) in [7, 11) is 0. The van der Waals surface area contributed by atoms with Gasteiger partial charge in [-0.1, -0.05) is 0 Å². The monoisotopic (exact) mass is 164 g/mol. The molecule has 1 heterocycles. The normalized spacial score (nSPS) is 9.08. The van der Waals surface area contributed by atoms with Crippen LogP contribution in [0.5, 0.6) is 0 Å². The highest BCUT2D eigenvalue weighted by Gasteiger charge is 2.06. The molecular weight excluding hydrogens is 156 g/mol. The highest BCUT2D eigenvalue weighted by molar-refractivity contribution is 6.39. The highest BCUT2D eigenvalue weighted by atomic mass is 16.2. The molecule has 1 N–H and O–H groups in total. The molecule has 0 saturated heterocycles. The third-order valence-corrected chi connectivity index (χ3v) is 1.24. The second-order valence-electron chi connectivity index (χ2n) is 2.25. The van der Waals surface area contributed by atoms with Crippen molar-refractivity contribution in [1.82, 2.24) is 4.98 Å². The van der Waals surface area contributed by atoms with Crippen LogP contribution in [0.3, 0.4) is 0 Å². The topological polar surface area (TPSA) is 59.1 Å². The van der Waals surface area contributed by atoms with Crippen molar-refractivity contribution in [2.24, 2.45) is 0 Å². The summed E-state index contributed by atoms with van der Waals surface area (Å²) in [6, 6.07) is 3.34. The van der Waals surface area contributed by atoms with Gasteiger partial charge < -0.3 is 5.32 Å². The van der Waals surface area contributed by atoms with Crippen LogP contribution in [0.2, 0.25) is 0 Å². The number of carbonyl (C=O) groups excluding carboxylic acids is 2. The Bertz CT molecular complexity index is 295. The van der Waals surface area contributed by atoms with Crippen LogP contribution in [-0.2, 0) is 9.59 Å². The number of hydrogen-bond acceptors (Lipinski definition) is 3. The maximum absolute atomic E-state index is 10.8. The molecule has 4 nitrogen and oxygen atoms in total. The van der Waals surface area contributed by atoms with E-state index in [0.717, 1.165) is 0 Å². The van der Waals surface area contributed by atoms with E-state index in [9.17, 15) is 9.59 Å². The van der Waals surface area contributed by atoms with E-state index in [0.29, 0.717) is 5.69 Å². The van der Waals surface area contributed by atoms with E-state index < -0.39 is 11.7 Å². The van der Waals surface area contributed by atoms with E-state index in [1.54, 1.807) is 18.3 Å². The van der Waals surface area contributed by atoms with Gasteiger partial charge in [0, 0.05) is 13.1 Å². The Morgan fingerprint density at radius 1 is 1.50 bits per heavy atom. The second-order valence-corrected chi connectivity index (χ2v) is 2.25. The van der Waals surface area contributed by atoms with Gasteiger partial charge in [0.1, 0.15) is 0 Å². The molecule has 4 heteroatoms. The van der Waals surface area contributed by atoms with Gasteiger partial charge in [0.05, 0.1) is 11.9 Å². The van der Waals surface area contributed by atoms with E-state index in [4.69, 9.17) is 0 Å². The van der Waals surface area contributed by atoms with Crippen molar-refractivity contribution in [3.8, 4) is 0 Å². The van der Waals surface area contributed by atoms with Crippen LogP contribution in [0.4, 0.5) is 5.69 Å².